The Hall–Kier alpha value is -2.41. The second-order valence-corrected chi connectivity index (χ2v) is 7.74. The van der Waals surface area contributed by atoms with Crippen LogP contribution >= 0.6 is 0 Å². The van der Waals surface area contributed by atoms with Gasteiger partial charge in [0.1, 0.15) is 11.2 Å². The zero-order chi connectivity index (χ0) is 21.3. The van der Waals surface area contributed by atoms with Crippen LogP contribution in [0.3, 0.4) is 0 Å². The summed E-state index contributed by atoms with van der Waals surface area (Å²) in [4.78, 5) is 12.9. The quantitative estimate of drug-likeness (QED) is 0.714. The zero-order valence-corrected chi connectivity index (χ0v) is 15.8. The van der Waals surface area contributed by atoms with Gasteiger partial charge < -0.3 is 10.8 Å². The molecule has 7 heteroatoms. The molecule has 3 rings (SSSR count). The van der Waals surface area contributed by atoms with E-state index in [9.17, 15) is 27.5 Å². The molecule has 29 heavy (non-hydrogen) atoms. The first-order valence-corrected chi connectivity index (χ1v) is 9.53. The van der Waals surface area contributed by atoms with Gasteiger partial charge in [0.05, 0.1) is 11.2 Å². The molecule has 1 fully saturated rings. The van der Waals surface area contributed by atoms with Crippen molar-refractivity contribution in [3.8, 4) is 0 Å². The molecule has 0 saturated heterocycles. The van der Waals surface area contributed by atoms with Gasteiger partial charge in [-0.25, -0.2) is 4.39 Å². The van der Waals surface area contributed by atoms with Crippen molar-refractivity contribution in [2.45, 2.75) is 55.7 Å². The number of hydrogen-bond acceptors (Lipinski definition) is 2. The summed E-state index contributed by atoms with van der Waals surface area (Å²) in [5.74, 6) is -1.38. The molecule has 1 saturated carbocycles. The first-order valence-electron chi connectivity index (χ1n) is 9.53. The summed E-state index contributed by atoms with van der Waals surface area (Å²) in [7, 11) is 0. The SMILES string of the molecule is NC(=O)C(Cc1ccc(F)cc1)(c1cccc(C(F)(F)F)c1)C1(O)CCCCC1. The number of halogens is 4. The lowest BCUT2D eigenvalue weighted by atomic mass is 9.58. The molecule has 0 bridgehead atoms. The van der Waals surface area contributed by atoms with Crippen LogP contribution in [0.25, 0.3) is 0 Å². The lowest BCUT2D eigenvalue weighted by Gasteiger charge is -2.48. The predicted octanol–water partition coefficient (Wildman–Crippen LogP) is 4.51. The first-order chi connectivity index (χ1) is 13.6. The van der Waals surface area contributed by atoms with Gasteiger partial charge in [-0.1, -0.05) is 49.6 Å². The topological polar surface area (TPSA) is 63.3 Å². The molecule has 1 aliphatic carbocycles. The average molecular weight is 409 g/mol. The number of amides is 1. The molecular weight excluding hydrogens is 386 g/mol. The molecule has 3 N–H and O–H groups in total. The number of alkyl halides is 3. The summed E-state index contributed by atoms with van der Waals surface area (Å²) in [5, 5.41) is 11.6. The standard InChI is InChI=1S/C22H23F4NO2/c23-18-9-7-15(8-10-18)14-21(19(27)28,20(29)11-2-1-3-12-20)16-5-4-6-17(13-16)22(24,25)26/h4-10,13,29H,1-3,11-12,14H2,(H2,27,28). The number of nitrogens with two attached hydrogens (primary N) is 1. The summed E-state index contributed by atoms with van der Waals surface area (Å²) < 4.78 is 53.4. The normalized spacial score (nSPS) is 18.8. The fourth-order valence-electron chi connectivity index (χ4n) is 4.43. The van der Waals surface area contributed by atoms with E-state index in [4.69, 9.17) is 5.73 Å². The van der Waals surface area contributed by atoms with Crippen LogP contribution in [0.4, 0.5) is 17.6 Å². The van der Waals surface area contributed by atoms with E-state index in [-0.39, 0.29) is 24.8 Å². The molecule has 2 aromatic rings. The van der Waals surface area contributed by atoms with Crippen LogP contribution in [0.1, 0.15) is 48.8 Å². The minimum absolute atomic E-state index is 0.0218. The van der Waals surface area contributed by atoms with E-state index in [0.717, 1.165) is 18.6 Å². The maximum atomic E-state index is 13.3. The van der Waals surface area contributed by atoms with E-state index in [2.05, 4.69) is 0 Å². The van der Waals surface area contributed by atoms with Gasteiger partial charge in [0.2, 0.25) is 5.91 Å². The third kappa shape index (κ3) is 4.01. The Kier molecular flexibility index (Phi) is 5.72. The highest BCUT2D eigenvalue weighted by Gasteiger charge is 2.56. The first kappa shape index (κ1) is 21.3. The van der Waals surface area contributed by atoms with Crippen LogP contribution in [0.2, 0.25) is 0 Å². The molecule has 3 nitrogen and oxygen atoms in total. The number of primary amides is 1. The monoisotopic (exact) mass is 409 g/mol. The molecule has 1 atom stereocenters. The average Bonchev–Trinajstić information content (AvgIpc) is 2.67. The number of aliphatic hydroxyl groups is 1. The van der Waals surface area contributed by atoms with E-state index in [1.54, 1.807) is 0 Å². The van der Waals surface area contributed by atoms with Crippen LogP contribution in [0.15, 0.2) is 48.5 Å². The van der Waals surface area contributed by atoms with Gasteiger partial charge in [0, 0.05) is 0 Å². The number of hydrogen-bond donors (Lipinski definition) is 2. The minimum Gasteiger partial charge on any atom is -0.388 e. The Morgan fingerprint density at radius 2 is 1.59 bits per heavy atom. The van der Waals surface area contributed by atoms with E-state index < -0.39 is 34.5 Å². The van der Waals surface area contributed by atoms with Gasteiger partial charge in [-0.05, 0) is 48.6 Å². The van der Waals surface area contributed by atoms with Crippen molar-refractivity contribution in [2.75, 3.05) is 0 Å². The number of rotatable bonds is 5. The Morgan fingerprint density at radius 3 is 2.14 bits per heavy atom. The van der Waals surface area contributed by atoms with Gasteiger partial charge in [0.25, 0.3) is 0 Å². The Labute approximate surface area is 166 Å². The van der Waals surface area contributed by atoms with Gasteiger partial charge in [-0.3, -0.25) is 4.79 Å². The van der Waals surface area contributed by atoms with E-state index in [1.807, 2.05) is 0 Å². The van der Waals surface area contributed by atoms with Crippen molar-refractivity contribution in [1.29, 1.82) is 0 Å². The molecular formula is C22H23F4NO2. The highest BCUT2D eigenvalue weighted by atomic mass is 19.4. The molecule has 1 aliphatic rings. The minimum atomic E-state index is -4.61. The second-order valence-electron chi connectivity index (χ2n) is 7.74. The van der Waals surface area contributed by atoms with Crippen LogP contribution < -0.4 is 5.73 Å². The lowest BCUT2D eigenvalue weighted by molar-refractivity contribution is -0.142. The number of carbonyl (C=O) groups is 1. The van der Waals surface area contributed by atoms with Crippen molar-refractivity contribution in [2.24, 2.45) is 5.73 Å². The van der Waals surface area contributed by atoms with Crippen LogP contribution in [-0.2, 0) is 22.8 Å². The van der Waals surface area contributed by atoms with Crippen molar-refractivity contribution in [3.63, 3.8) is 0 Å². The van der Waals surface area contributed by atoms with Crippen molar-refractivity contribution in [3.05, 3.63) is 71.0 Å². The van der Waals surface area contributed by atoms with Gasteiger partial charge in [-0.15, -0.1) is 0 Å². The highest BCUT2D eigenvalue weighted by molar-refractivity contribution is 5.89. The summed E-state index contributed by atoms with van der Waals surface area (Å²) in [6.07, 6.45) is -2.12. The lowest BCUT2D eigenvalue weighted by Crippen LogP contribution is -2.61. The Bertz CT molecular complexity index is 873. The second kappa shape index (κ2) is 7.78. The van der Waals surface area contributed by atoms with E-state index in [1.165, 1.54) is 36.4 Å². The van der Waals surface area contributed by atoms with Crippen molar-refractivity contribution >= 4 is 5.91 Å². The van der Waals surface area contributed by atoms with Gasteiger partial charge >= 0.3 is 6.18 Å². The van der Waals surface area contributed by atoms with Crippen molar-refractivity contribution < 1.29 is 27.5 Å². The third-order valence-corrected chi connectivity index (χ3v) is 5.96. The molecule has 0 aliphatic heterocycles. The summed E-state index contributed by atoms with van der Waals surface area (Å²) in [5.41, 5.74) is 2.04. The maximum Gasteiger partial charge on any atom is 0.416 e. The third-order valence-electron chi connectivity index (χ3n) is 5.96. The Morgan fingerprint density at radius 1 is 1.00 bits per heavy atom. The number of carbonyl (C=O) groups excluding carboxylic acids is 1. The van der Waals surface area contributed by atoms with Crippen LogP contribution in [-0.4, -0.2) is 16.6 Å². The molecule has 0 heterocycles. The molecule has 1 amide bonds. The molecule has 1 unspecified atom stereocenters. The van der Waals surface area contributed by atoms with Crippen molar-refractivity contribution in [1.82, 2.24) is 0 Å². The van der Waals surface area contributed by atoms with Crippen LogP contribution in [0, 0.1) is 5.82 Å². The van der Waals surface area contributed by atoms with E-state index in [0.29, 0.717) is 18.4 Å². The van der Waals surface area contributed by atoms with Crippen LogP contribution in [0.5, 0.6) is 0 Å². The fraction of sp³-hybridized carbons (Fsp3) is 0.409. The molecule has 2 aromatic carbocycles. The zero-order valence-electron chi connectivity index (χ0n) is 15.8. The molecule has 156 valence electrons. The summed E-state index contributed by atoms with van der Waals surface area (Å²) >= 11 is 0. The molecule has 0 radical (unpaired) electrons. The van der Waals surface area contributed by atoms with E-state index >= 15 is 0 Å². The van der Waals surface area contributed by atoms with Gasteiger partial charge in [0.15, 0.2) is 0 Å². The predicted molar refractivity (Wildman–Crippen MR) is 100 cm³/mol. The van der Waals surface area contributed by atoms with Gasteiger partial charge in [-0.2, -0.15) is 13.2 Å². The number of benzene rings is 2. The largest absolute Gasteiger partial charge is 0.416 e. The Balaban J connectivity index is 2.21. The molecule has 0 spiro atoms. The smallest absolute Gasteiger partial charge is 0.388 e. The summed E-state index contributed by atoms with van der Waals surface area (Å²) in [6, 6.07) is 9.73. The fourth-order valence-corrected chi connectivity index (χ4v) is 4.43. The highest BCUT2D eigenvalue weighted by Crippen LogP contribution is 2.47. The maximum absolute atomic E-state index is 13.3. The molecule has 0 aromatic heterocycles. The summed E-state index contributed by atoms with van der Waals surface area (Å²) in [6.45, 7) is 0.